The summed E-state index contributed by atoms with van der Waals surface area (Å²) in [5.41, 5.74) is 4.89. The zero-order chi connectivity index (χ0) is 15.3. The molecule has 1 rings (SSSR count). The highest BCUT2D eigenvalue weighted by Gasteiger charge is 2.21. The summed E-state index contributed by atoms with van der Waals surface area (Å²) in [5, 5.41) is 29.5. The van der Waals surface area contributed by atoms with Gasteiger partial charge in [0, 0.05) is 12.0 Å². The average molecular weight is 282 g/mol. The molecule has 8 heteroatoms. The Morgan fingerprint density at radius 2 is 1.85 bits per heavy atom. The first-order chi connectivity index (χ1) is 9.31. The number of primary amides is 1. The van der Waals surface area contributed by atoms with Gasteiger partial charge in [-0.05, 0) is 24.6 Å². The quantitative estimate of drug-likeness (QED) is 0.446. The smallest absolute Gasteiger partial charge is 0.326 e. The molecular formula is C12H14N2O6. The van der Waals surface area contributed by atoms with Crippen LogP contribution in [0.2, 0.25) is 0 Å². The maximum Gasteiger partial charge on any atom is 0.326 e. The lowest BCUT2D eigenvalue weighted by Crippen LogP contribution is -2.41. The number of amides is 2. The van der Waals surface area contributed by atoms with Crippen molar-refractivity contribution in [3.8, 4) is 11.5 Å². The summed E-state index contributed by atoms with van der Waals surface area (Å²) in [7, 11) is 0. The average Bonchev–Trinajstić information content (AvgIpc) is 2.36. The number of nitrogens with one attached hydrogen (secondary N) is 1. The molecule has 0 saturated carbocycles. The Hall–Kier alpha value is -2.77. The van der Waals surface area contributed by atoms with Crippen molar-refractivity contribution in [2.24, 2.45) is 5.73 Å². The molecule has 108 valence electrons. The third-order valence-electron chi connectivity index (χ3n) is 2.52. The molecule has 0 unspecified atom stereocenters. The van der Waals surface area contributed by atoms with E-state index in [1.54, 1.807) is 0 Å². The molecule has 0 aliphatic rings. The zero-order valence-electron chi connectivity index (χ0n) is 10.4. The molecular weight excluding hydrogens is 268 g/mol. The van der Waals surface area contributed by atoms with Crippen LogP contribution in [-0.4, -0.2) is 39.1 Å². The topological polar surface area (TPSA) is 150 Å². The van der Waals surface area contributed by atoms with E-state index < -0.39 is 35.3 Å². The fraction of sp³-hybridized carbons (Fsp3) is 0.250. The molecule has 0 saturated heterocycles. The van der Waals surface area contributed by atoms with Gasteiger partial charge in [0.15, 0.2) is 11.5 Å². The first-order valence-electron chi connectivity index (χ1n) is 5.65. The van der Waals surface area contributed by atoms with E-state index >= 15 is 0 Å². The van der Waals surface area contributed by atoms with Crippen molar-refractivity contribution in [2.45, 2.75) is 18.9 Å². The highest BCUT2D eigenvalue weighted by Crippen LogP contribution is 2.24. The molecule has 6 N–H and O–H groups in total. The van der Waals surface area contributed by atoms with Crippen LogP contribution in [-0.2, 0) is 9.59 Å². The minimum absolute atomic E-state index is 0.0226. The number of aliphatic carboxylic acids is 1. The Kier molecular flexibility index (Phi) is 4.90. The summed E-state index contributed by atoms with van der Waals surface area (Å²) < 4.78 is 0. The number of aromatic hydroxyl groups is 2. The number of hydrogen-bond donors (Lipinski definition) is 5. The molecule has 1 aromatic carbocycles. The van der Waals surface area contributed by atoms with Crippen LogP contribution in [0, 0.1) is 0 Å². The van der Waals surface area contributed by atoms with Gasteiger partial charge in [0.05, 0.1) is 0 Å². The summed E-state index contributed by atoms with van der Waals surface area (Å²) in [5.74, 6) is -3.63. The molecule has 8 nitrogen and oxygen atoms in total. The summed E-state index contributed by atoms with van der Waals surface area (Å²) in [6.45, 7) is 0. The van der Waals surface area contributed by atoms with Crippen LogP contribution < -0.4 is 11.1 Å². The van der Waals surface area contributed by atoms with E-state index in [0.717, 1.165) is 12.1 Å². The van der Waals surface area contributed by atoms with Gasteiger partial charge in [-0.1, -0.05) is 0 Å². The Labute approximate surface area is 113 Å². The molecule has 1 atom stereocenters. The van der Waals surface area contributed by atoms with Crippen LogP contribution in [0.3, 0.4) is 0 Å². The normalized spacial score (nSPS) is 11.6. The number of benzene rings is 1. The SMILES string of the molecule is NC(=O)CC[C@@H](NC(=O)c1ccc(O)c(O)c1)C(=O)O. The van der Waals surface area contributed by atoms with Crippen molar-refractivity contribution in [3.05, 3.63) is 23.8 Å². The number of carboxylic acid groups (broad SMARTS) is 1. The number of phenolic OH excluding ortho intramolecular Hbond substituents is 2. The van der Waals surface area contributed by atoms with E-state index in [-0.39, 0.29) is 18.4 Å². The number of carbonyl (C=O) groups is 3. The van der Waals surface area contributed by atoms with Crippen LogP contribution in [0.5, 0.6) is 11.5 Å². The Balaban J connectivity index is 2.77. The summed E-state index contributed by atoms with van der Waals surface area (Å²) in [4.78, 5) is 33.3. The Bertz CT molecular complexity index is 543. The number of nitrogens with two attached hydrogens (primary N) is 1. The maximum atomic E-state index is 11.8. The van der Waals surface area contributed by atoms with Crippen LogP contribution in [0.4, 0.5) is 0 Å². The lowest BCUT2D eigenvalue weighted by Gasteiger charge is -2.13. The minimum atomic E-state index is -1.30. The number of hydrogen-bond acceptors (Lipinski definition) is 5. The van der Waals surface area contributed by atoms with Crippen molar-refractivity contribution in [1.82, 2.24) is 5.32 Å². The third kappa shape index (κ3) is 4.16. The molecule has 2 amide bonds. The van der Waals surface area contributed by atoms with Crippen LogP contribution in [0.1, 0.15) is 23.2 Å². The number of carbonyl (C=O) groups excluding carboxylic acids is 2. The second kappa shape index (κ2) is 6.41. The minimum Gasteiger partial charge on any atom is -0.504 e. The van der Waals surface area contributed by atoms with Gasteiger partial charge in [0.25, 0.3) is 5.91 Å². The summed E-state index contributed by atoms with van der Waals surface area (Å²) in [6.07, 6.45) is -0.321. The molecule has 1 aromatic rings. The summed E-state index contributed by atoms with van der Waals surface area (Å²) in [6, 6.07) is 2.05. The van der Waals surface area contributed by atoms with Gasteiger partial charge in [0.1, 0.15) is 6.04 Å². The number of phenols is 2. The van der Waals surface area contributed by atoms with Crippen LogP contribution in [0.25, 0.3) is 0 Å². The third-order valence-corrected chi connectivity index (χ3v) is 2.52. The van der Waals surface area contributed by atoms with E-state index in [9.17, 15) is 19.5 Å². The van der Waals surface area contributed by atoms with Gasteiger partial charge in [-0.3, -0.25) is 9.59 Å². The van der Waals surface area contributed by atoms with Gasteiger partial charge < -0.3 is 26.4 Å². The predicted octanol–water partition coefficient (Wildman–Crippen LogP) is -0.454. The molecule has 0 aliphatic carbocycles. The lowest BCUT2D eigenvalue weighted by atomic mass is 10.1. The van der Waals surface area contributed by atoms with Gasteiger partial charge in [0.2, 0.25) is 5.91 Å². The zero-order valence-corrected chi connectivity index (χ0v) is 10.4. The van der Waals surface area contributed by atoms with E-state index in [2.05, 4.69) is 5.32 Å². The van der Waals surface area contributed by atoms with Crippen molar-refractivity contribution in [3.63, 3.8) is 0 Å². The molecule has 20 heavy (non-hydrogen) atoms. The van der Waals surface area contributed by atoms with Gasteiger partial charge in [-0.15, -0.1) is 0 Å². The predicted molar refractivity (Wildman–Crippen MR) is 67.1 cm³/mol. The van der Waals surface area contributed by atoms with E-state index in [4.69, 9.17) is 15.9 Å². The fourth-order valence-corrected chi connectivity index (χ4v) is 1.45. The molecule has 0 bridgehead atoms. The lowest BCUT2D eigenvalue weighted by molar-refractivity contribution is -0.139. The van der Waals surface area contributed by atoms with Crippen molar-refractivity contribution < 1.29 is 29.7 Å². The standard InChI is InChI=1S/C12H14N2O6/c13-10(17)4-2-7(12(19)20)14-11(18)6-1-3-8(15)9(16)5-6/h1,3,5,7,15-16H,2,4H2,(H2,13,17)(H,14,18)(H,19,20)/t7-/m1/s1. The Morgan fingerprint density at radius 1 is 1.20 bits per heavy atom. The van der Waals surface area contributed by atoms with Gasteiger partial charge in [-0.2, -0.15) is 0 Å². The van der Waals surface area contributed by atoms with E-state index in [1.165, 1.54) is 6.07 Å². The molecule has 0 fully saturated rings. The molecule has 0 heterocycles. The number of carboxylic acids is 1. The molecule has 0 radical (unpaired) electrons. The van der Waals surface area contributed by atoms with Crippen molar-refractivity contribution in [2.75, 3.05) is 0 Å². The first-order valence-corrected chi connectivity index (χ1v) is 5.65. The van der Waals surface area contributed by atoms with Crippen LogP contribution >= 0.6 is 0 Å². The molecule has 0 spiro atoms. The van der Waals surface area contributed by atoms with Crippen LogP contribution in [0.15, 0.2) is 18.2 Å². The second-order valence-electron chi connectivity index (χ2n) is 4.07. The van der Waals surface area contributed by atoms with Gasteiger partial charge in [-0.25, -0.2) is 4.79 Å². The van der Waals surface area contributed by atoms with E-state index in [1.807, 2.05) is 0 Å². The van der Waals surface area contributed by atoms with Gasteiger partial charge >= 0.3 is 5.97 Å². The van der Waals surface area contributed by atoms with Crippen molar-refractivity contribution in [1.29, 1.82) is 0 Å². The second-order valence-corrected chi connectivity index (χ2v) is 4.07. The largest absolute Gasteiger partial charge is 0.504 e. The highest BCUT2D eigenvalue weighted by molar-refractivity contribution is 5.97. The van der Waals surface area contributed by atoms with E-state index in [0.29, 0.717) is 0 Å². The fourth-order valence-electron chi connectivity index (χ4n) is 1.45. The van der Waals surface area contributed by atoms with Crippen molar-refractivity contribution >= 4 is 17.8 Å². The molecule has 0 aliphatic heterocycles. The Morgan fingerprint density at radius 3 is 2.35 bits per heavy atom. The monoisotopic (exact) mass is 282 g/mol. The summed E-state index contributed by atoms with van der Waals surface area (Å²) >= 11 is 0. The highest BCUT2D eigenvalue weighted by atomic mass is 16.4. The molecule has 0 aromatic heterocycles. The number of rotatable bonds is 6. The first kappa shape index (κ1) is 15.3. The maximum absolute atomic E-state index is 11.8.